The van der Waals surface area contributed by atoms with E-state index < -0.39 is 0 Å². The topological polar surface area (TPSA) is 28.7 Å². The quantitative estimate of drug-likeness (QED) is 0.457. The number of rotatable bonds is 4. The summed E-state index contributed by atoms with van der Waals surface area (Å²) in [5, 5.41) is 9.61. The molecule has 0 radical (unpaired) electrons. The van der Waals surface area contributed by atoms with Gasteiger partial charge in [-0.2, -0.15) is 5.26 Å². The van der Waals surface area contributed by atoms with Gasteiger partial charge in [-0.3, -0.25) is 0 Å². The van der Waals surface area contributed by atoms with E-state index in [1.807, 2.05) is 30.3 Å². The van der Waals surface area contributed by atoms with Crippen LogP contribution in [-0.4, -0.2) is 4.57 Å². The third-order valence-corrected chi connectivity index (χ3v) is 5.18. The second-order valence-electron chi connectivity index (χ2n) is 6.36. The van der Waals surface area contributed by atoms with Crippen LogP contribution >= 0.6 is 15.9 Å². The van der Waals surface area contributed by atoms with E-state index in [0.29, 0.717) is 5.57 Å². The molecule has 0 aliphatic carbocycles. The standard InChI is InChI=1S/C23H21BrN2/c1-4-18-5-11-23(12-6-18)26-16(2)13-20(17(26)3)14-21(15-25)19-7-9-22(24)10-8-19/h5-14H,4H2,1-3H3/b21-14-. The Bertz CT molecular complexity index is 984. The highest BCUT2D eigenvalue weighted by molar-refractivity contribution is 9.10. The largest absolute Gasteiger partial charge is 0.318 e. The zero-order chi connectivity index (χ0) is 18.7. The zero-order valence-electron chi connectivity index (χ0n) is 15.3. The van der Waals surface area contributed by atoms with Crippen molar-refractivity contribution in [2.75, 3.05) is 0 Å². The van der Waals surface area contributed by atoms with Gasteiger partial charge in [0.05, 0.1) is 11.6 Å². The lowest BCUT2D eigenvalue weighted by Gasteiger charge is -2.10. The number of halogens is 1. The molecule has 0 spiro atoms. The van der Waals surface area contributed by atoms with Crippen LogP contribution in [0.5, 0.6) is 0 Å². The molecular weight excluding hydrogens is 384 g/mol. The van der Waals surface area contributed by atoms with E-state index in [1.165, 1.54) is 5.56 Å². The number of hydrogen-bond acceptors (Lipinski definition) is 1. The minimum atomic E-state index is 0.666. The first-order valence-corrected chi connectivity index (χ1v) is 9.48. The minimum absolute atomic E-state index is 0.666. The Kier molecular flexibility index (Phi) is 5.44. The molecule has 26 heavy (non-hydrogen) atoms. The maximum Gasteiger partial charge on any atom is 0.0998 e. The summed E-state index contributed by atoms with van der Waals surface area (Å²) in [5.74, 6) is 0. The van der Waals surface area contributed by atoms with E-state index in [-0.39, 0.29) is 0 Å². The summed E-state index contributed by atoms with van der Waals surface area (Å²) in [6.45, 7) is 6.36. The average molecular weight is 405 g/mol. The SMILES string of the molecule is CCc1ccc(-n2c(C)cc(/C=C(/C#N)c3ccc(Br)cc3)c2C)cc1. The molecule has 0 fully saturated rings. The number of benzene rings is 2. The van der Waals surface area contributed by atoms with E-state index in [4.69, 9.17) is 0 Å². The van der Waals surface area contributed by atoms with E-state index >= 15 is 0 Å². The van der Waals surface area contributed by atoms with Gasteiger partial charge in [0.15, 0.2) is 0 Å². The van der Waals surface area contributed by atoms with Crippen molar-refractivity contribution in [1.29, 1.82) is 5.26 Å². The van der Waals surface area contributed by atoms with Gasteiger partial charge in [-0.1, -0.05) is 47.1 Å². The number of nitriles is 1. The normalized spacial score (nSPS) is 11.4. The Labute approximate surface area is 163 Å². The molecule has 0 amide bonds. The van der Waals surface area contributed by atoms with Crippen LogP contribution in [0.25, 0.3) is 17.3 Å². The lowest BCUT2D eigenvalue weighted by atomic mass is 10.0. The molecule has 0 bridgehead atoms. The van der Waals surface area contributed by atoms with Crippen LogP contribution in [0.4, 0.5) is 0 Å². The summed E-state index contributed by atoms with van der Waals surface area (Å²) in [6.07, 6.45) is 3.01. The maximum absolute atomic E-state index is 9.61. The fourth-order valence-corrected chi connectivity index (χ4v) is 3.44. The van der Waals surface area contributed by atoms with Gasteiger partial charge in [-0.25, -0.2) is 0 Å². The highest BCUT2D eigenvalue weighted by Gasteiger charge is 2.11. The molecule has 3 heteroatoms. The Hall–Kier alpha value is -2.57. The maximum atomic E-state index is 9.61. The van der Waals surface area contributed by atoms with Crippen LogP contribution in [0.2, 0.25) is 0 Å². The molecule has 3 rings (SSSR count). The summed E-state index contributed by atoms with van der Waals surface area (Å²) in [5.41, 5.74) is 7.44. The van der Waals surface area contributed by atoms with Crippen LogP contribution in [-0.2, 0) is 6.42 Å². The first-order valence-electron chi connectivity index (χ1n) is 8.69. The van der Waals surface area contributed by atoms with Crippen molar-refractivity contribution >= 4 is 27.6 Å². The molecule has 2 aromatic carbocycles. The monoisotopic (exact) mass is 404 g/mol. The number of allylic oxidation sites excluding steroid dienone is 1. The van der Waals surface area contributed by atoms with E-state index in [1.54, 1.807) is 0 Å². The molecule has 0 aliphatic heterocycles. The van der Waals surface area contributed by atoms with Crippen LogP contribution in [0.15, 0.2) is 59.1 Å². The van der Waals surface area contributed by atoms with Crippen LogP contribution in [0.1, 0.15) is 35.0 Å². The van der Waals surface area contributed by atoms with Crippen molar-refractivity contribution in [3.8, 4) is 11.8 Å². The summed E-state index contributed by atoms with van der Waals surface area (Å²) in [4.78, 5) is 0. The molecule has 0 aliphatic rings. The van der Waals surface area contributed by atoms with Crippen molar-refractivity contribution in [3.05, 3.63) is 87.1 Å². The Morgan fingerprint density at radius 2 is 1.73 bits per heavy atom. The number of hydrogen-bond donors (Lipinski definition) is 0. The van der Waals surface area contributed by atoms with Gasteiger partial charge in [-0.15, -0.1) is 0 Å². The lowest BCUT2D eigenvalue weighted by Crippen LogP contribution is -1.99. The molecule has 0 unspecified atom stereocenters. The molecule has 0 saturated heterocycles. The predicted molar refractivity (Wildman–Crippen MR) is 112 cm³/mol. The van der Waals surface area contributed by atoms with Gasteiger partial charge in [-0.05, 0) is 73.4 Å². The van der Waals surface area contributed by atoms with Crippen LogP contribution in [0.3, 0.4) is 0 Å². The average Bonchev–Trinajstić information content (AvgIpc) is 2.94. The first-order chi connectivity index (χ1) is 12.5. The third-order valence-electron chi connectivity index (χ3n) is 4.65. The molecule has 130 valence electrons. The fourth-order valence-electron chi connectivity index (χ4n) is 3.18. The van der Waals surface area contributed by atoms with Gasteiger partial charge >= 0.3 is 0 Å². The Balaban J connectivity index is 2.03. The molecule has 0 N–H and O–H groups in total. The van der Waals surface area contributed by atoms with Gasteiger partial charge in [0.1, 0.15) is 0 Å². The Morgan fingerprint density at radius 1 is 1.08 bits per heavy atom. The summed E-state index contributed by atoms with van der Waals surface area (Å²) >= 11 is 3.44. The van der Waals surface area contributed by atoms with Crippen LogP contribution in [0, 0.1) is 25.2 Å². The van der Waals surface area contributed by atoms with Crippen molar-refractivity contribution < 1.29 is 0 Å². The Morgan fingerprint density at radius 3 is 2.31 bits per heavy atom. The first kappa shape index (κ1) is 18.2. The third kappa shape index (κ3) is 3.66. The van der Waals surface area contributed by atoms with Crippen molar-refractivity contribution in [1.82, 2.24) is 4.57 Å². The van der Waals surface area contributed by atoms with E-state index in [2.05, 4.69) is 77.7 Å². The van der Waals surface area contributed by atoms with Crippen LogP contribution < -0.4 is 0 Å². The highest BCUT2D eigenvalue weighted by Crippen LogP contribution is 2.26. The molecule has 1 heterocycles. The predicted octanol–water partition coefficient (Wildman–Crippen LogP) is 6.48. The van der Waals surface area contributed by atoms with E-state index in [0.717, 1.165) is 39.1 Å². The highest BCUT2D eigenvalue weighted by atomic mass is 79.9. The molecule has 3 aromatic rings. The minimum Gasteiger partial charge on any atom is -0.318 e. The molecular formula is C23H21BrN2. The van der Waals surface area contributed by atoms with Crippen molar-refractivity contribution in [2.45, 2.75) is 27.2 Å². The summed E-state index contributed by atoms with van der Waals surface area (Å²) < 4.78 is 3.24. The second-order valence-corrected chi connectivity index (χ2v) is 7.27. The lowest BCUT2D eigenvalue weighted by molar-refractivity contribution is 0.961. The molecule has 1 aromatic heterocycles. The summed E-state index contributed by atoms with van der Waals surface area (Å²) in [6, 6.07) is 21.0. The number of nitrogens with zero attached hydrogens (tertiary/aromatic N) is 2. The van der Waals surface area contributed by atoms with Gasteiger partial charge in [0, 0.05) is 21.5 Å². The van der Waals surface area contributed by atoms with Gasteiger partial charge in [0.25, 0.3) is 0 Å². The smallest absolute Gasteiger partial charge is 0.0998 e. The van der Waals surface area contributed by atoms with E-state index in [9.17, 15) is 5.26 Å². The summed E-state index contributed by atoms with van der Waals surface area (Å²) in [7, 11) is 0. The van der Waals surface area contributed by atoms with Gasteiger partial charge < -0.3 is 4.57 Å². The van der Waals surface area contributed by atoms with Gasteiger partial charge in [0.2, 0.25) is 0 Å². The fraction of sp³-hybridized carbons (Fsp3) is 0.174. The van der Waals surface area contributed by atoms with Crippen molar-refractivity contribution in [2.24, 2.45) is 0 Å². The second kappa shape index (κ2) is 7.76. The number of aryl methyl sites for hydroxylation is 2. The molecule has 0 saturated carbocycles. The number of aromatic nitrogens is 1. The molecule has 2 nitrogen and oxygen atoms in total. The molecule has 0 atom stereocenters. The zero-order valence-corrected chi connectivity index (χ0v) is 16.8. The van der Waals surface area contributed by atoms with Crippen molar-refractivity contribution in [3.63, 3.8) is 0 Å².